The van der Waals surface area contributed by atoms with Gasteiger partial charge in [0.15, 0.2) is 6.10 Å². The van der Waals surface area contributed by atoms with Gasteiger partial charge in [0.25, 0.3) is 0 Å². The van der Waals surface area contributed by atoms with Crippen molar-refractivity contribution in [3.05, 3.63) is 60.8 Å². The monoisotopic (exact) mass is 852 g/mol. The molecule has 340 valence electrons. The van der Waals surface area contributed by atoms with Crippen LogP contribution >= 0.6 is 7.82 Å². The summed E-state index contributed by atoms with van der Waals surface area (Å²) in [5.41, 5.74) is 5.33. The number of aliphatic carboxylic acids is 1. The average molecular weight is 852 g/mol. The third-order valence-electron chi connectivity index (χ3n) is 9.66. The number of rotatable bonds is 42. The maximum Gasteiger partial charge on any atom is 0.472 e. The number of unbranched alkanes of at least 4 members (excludes halogenated alkanes) is 22. The molecule has 0 aromatic heterocycles. The standard InChI is InChI=1S/C47H82NO10P/c1-3-5-7-9-11-13-15-17-18-19-20-21-22-23-24-25-27-28-30-32-34-36-38-45(49)55-40-43(41-56-59(53,54)57-42-44(48)47(51)52)58-46(50)39-37-35-33-31-29-26-16-14-12-10-8-6-4-2/h6,8,10,12,14,16,26,29,31,33,43-44H,3-5,7,9,11,13,15,17-25,27-28,30,32,34-42,48H2,1-2H3,(H,51,52)(H,53,54)/b8-6+,12-10+,16-14+,29-26+,33-31+/t43?,44-/m1/s1. The highest BCUT2D eigenvalue weighted by atomic mass is 31.2. The lowest BCUT2D eigenvalue weighted by Crippen LogP contribution is -2.34. The highest BCUT2D eigenvalue weighted by molar-refractivity contribution is 7.47. The SMILES string of the molecule is CC/C=C/C=C/C=C/C=C/C=C/CCCC(=O)OC(COC(=O)CCCCCCCCCCCCCCCCCCCCCCCC)COP(=O)(O)OC[C@@H](N)C(=O)O. The lowest BCUT2D eigenvalue weighted by atomic mass is 10.0. The van der Waals surface area contributed by atoms with Gasteiger partial charge in [-0.15, -0.1) is 0 Å². The molecule has 0 radical (unpaired) electrons. The third kappa shape index (κ3) is 41.7. The van der Waals surface area contributed by atoms with Gasteiger partial charge in [-0.2, -0.15) is 0 Å². The molecule has 0 aromatic rings. The fourth-order valence-corrected chi connectivity index (χ4v) is 6.87. The van der Waals surface area contributed by atoms with Crippen molar-refractivity contribution in [1.29, 1.82) is 0 Å². The van der Waals surface area contributed by atoms with Crippen LogP contribution in [-0.2, 0) is 37.5 Å². The van der Waals surface area contributed by atoms with Gasteiger partial charge >= 0.3 is 25.7 Å². The van der Waals surface area contributed by atoms with Crippen molar-refractivity contribution in [2.75, 3.05) is 19.8 Å². The molecule has 0 aromatic carbocycles. The normalized spacial score (nSPS) is 14.2. The quantitative estimate of drug-likeness (QED) is 0.0231. The molecule has 0 bridgehead atoms. The molecule has 0 aliphatic heterocycles. The topological polar surface area (TPSA) is 172 Å². The summed E-state index contributed by atoms with van der Waals surface area (Å²) in [5, 5.41) is 8.89. The zero-order chi connectivity index (χ0) is 43.5. The minimum atomic E-state index is -4.74. The smallest absolute Gasteiger partial charge is 0.472 e. The Labute approximate surface area is 357 Å². The van der Waals surface area contributed by atoms with Crippen LogP contribution in [0.3, 0.4) is 0 Å². The highest BCUT2D eigenvalue weighted by Gasteiger charge is 2.28. The molecule has 0 saturated carbocycles. The maximum atomic E-state index is 12.6. The summed E-state index contributed by atoms with van der Waals surface area (Å²) in [7, 11) is -4.74. The van der Waals surface area contributed by atoms with Gasteiger partial charge in [0.1, 0.15) is 12.6 Å². The van der Waals surface area contributed by atoms with Crippen molar-refractivity contribution < 1.29 is 47.5 Å². The molecule has 0 rings (SSSR count). The summed E-state index contributed by atoms with van der Waals surface area (Å²) < 4.78 is 32.6. The Balaban J connectivity index is 4.29. The van der Waals surface area contributed by atoms with E-state index < -0.39 is 51.1 Å². The van der Waals surface area contributed by atoms with Crippen LogP contribution in [0.4, 0.5) is 0 Å². The Hall–Kier alpha value is -2.82. The third-order valence-corrected chi connectivity index (χ3v) is 10.6. The number of phosphoric ester groups is 1. The number of nitrogens with two attached hydrogens (primary N) is 1. The van der Waals surface area contributed by atoms with Crippen LogP contribution in [0.25, 0.3) is 0 Å². The molecule has 0 spiro atoms. The van der Waals surface area contributed by atoms with E-state index in [1.54, 1.807) is 0 Å². The molecular formula is C47H82NO10P. The van der Waals surface area contributed by atoms with Gasteiger partial charge in [-0.1, -0.05) is 209 Å². The van der Waals surface area contributed by atoms with E-state index in [4.69, 9.17) is 24.8 Å². The van der Waals surface area contributed by atoms with E-state index in [2.05, 4.69) is 24.4 Å². The molecule has 4 N–H and O–H groups in total. The first kappa shape index (κ1) is 56.2. The summed E-state index contributed by atoms with van der Waals surface area (Å²) in [6.07, 6.45) is 48.9. The van der Waals surface area contributed by atoms with Gasteiger partial charge in [0.05, 0.1) is 13.2 Å². The number of hydrogen-bond acceptors (Lipinski definition) is 9. The van der Waals surface area contributed by atoms with Crippen LogP contribution in [0.15, 0.2) is 60.8 Å². The van der Waals surface area contributed by atoms with Crippen molar-refractivity contribution in [2.24, 2.45) is 5.73 Å². The van der Waals surface area contributed by atoms with E-state index in [1.165, 1.54) is 116 Å². The highest BCUT2D eigenvalue weighted by Crippen LogP contribution is 2.43. The zero-order valence-corrected chi connectivity index (χ0v) is 37.7. The summed E-state index contributed by atoms with van der Waals surface area (Å²) in [6, 6.07) is -1.53. The van der Waals surface area contributed by atoms with Gasteiger partial charge in [0, 0.05) is 12.8 Å². The Morgan fingerprint density at radius 2 is 0.949 bits per heavy atom. The Morgan fingerprint density at radius 1 is 0.542 bits per heavy atom. The number of carboxylic acid groups (broad SMARTS) is 1. The van der Waals surface area contributed by atoms with Gasteiger partial charge < -0.3 is 25.2 Å². The summed E-state index contributed by atoms with van der Waals surface area (Å²) in [4.78, 5) is 45.9. The van der Waals surface area contributed by atoms with Crippen LogP contribution in [0, 0.1) is 0 Å². The van der Waals surface area contributed by atoms with Gasteiger partial charge in [-0.05, 0) is 25.7 Å². The zero-order valence-electron chi connectivity index (χ0n) is 36.8. The van der Waals surface area contributed by atoms with Crippen molar-refractivity contribution in [3.63, 3.8) is 0 Å². The minimum absolute atomic E-state index is 0.0642. The van der Waals surface area contributed by atoms with E-state index in [9.17, 15) is 23.8 Å². The van der Waals surface area contributed by atoms with Crippen LogP contribution < -0.4 is 5.73 Å². The second kappa shape index (κ2) is 41.9. The predicted octanol–water partition coefficient (Wildman–Crippen LogP) is 12.3. The van der Waals surface area contributed by atoms with Crippen LogP contribution in [0.5, 0.6) is 0 Å². The maximum absolute atomic E-state index is 12.6. The van der Waals surface area contributed by atoms with Crippen LogP contribution in [-0.4, -0.2) is 59.9 Å². The molecule has 0 aliphatic rings. The number of ether oxygens (including phenoxy) is 2. The first-order valence-electron chi connectivity index (χ1n) is 22.9. The second-order valence-electron chi connectivity index (χ2n) is 15.3. The second-order valence-corrected chi connectivity index (χ2v) is 16.7. The fourth-order valence-electron chi connectivity index (χ4n) is 6.10. The number of carboxylic acids is 1. The molecule has 0 aliphatic carbocycles. The Kier molecular flexibility index (Phi) is 39.9. The molecule has 59 heavy (non-hydrogen) atoms. The molecule has 0 saturated heterocycles. The van der Waals surface area contributed by atoms with Gasteiger partial charge in [0.2, 0.25) is 0 Å². The first-order valence-corrected chi connectivity index (χ1v) is 24.4. The van der Waals surface area contributed by atoms with Gasteiger partial charge in [-0.25, -0.2) is 4.57 Å². The summed E-state index contributed by atoms with van der Waals surface area (Å²) >= 11 is 0. The number of carbonyl (C=O) groups is 3. The number of hydrogen-bond donors (Lipinski definition) is 3. The molecule has 0 fully saturated rings. The van der Waals surface area contributed by atoms with E-state index in [-0.39, 0.29) is 19.4 Å². The van der Waals surface area contributed by atoms with E-state index >= 15 is 0 Å². The molecule has 2 unspecified atom stereocenters. The average Bonchev–Trinajstić information content (AvgIpc) is 3.21. The van der Waals surface area contributed by atoms with Gasteiger partial charge in [-0.3, -0.25) is 23.4 Å². The summed E-state index contributed by atoms with van der Waals surface area (Å²) in [6.45, 7) is 2.59. The lowest BCUT2D eigenvalue weighted by Gasteiger charge is -2.20. The fraction of sp³-hybridized carbons (Fsp3) is 0.723. The van der Waals surface area contributed by atoms with E-state index in [0.29, 0.717) is 19.3 Å². The van der Waals surface area contributed by atoms with Crippen molar-refractivity contribution in [2.45, 2.75) is 199 Å². The first-order chi connectivity index (χ1) is 28.6. The largest absolute Gasteiger partial charge is 0.480 e. The lowest BCUT2D eigenvalue weighted by molar-refractivity contribution is -0.161. The molecule has 0 heterocycles. The van der Waals surface area contributed by atoms with Crippen molar-refractivity contribution >= 4 is 25.7 Å². The molecule has 0 amide bonds. The van der Waals surface area contributed by atoms with Crippen LogP contribution in [0.2, 0.25) is 0 Å². The summed E-state index contributed by atoms with van der Waals surface area (Å²) in [5.74, 6) is -2.47. The Bertz CT molecular complexity index is 1230. The number of carbonyl (C=O) groups excluding carboxylic acids is 2. The van der Waals surface area contributed by atoms with Crippen molar-refractivity contribution in [3.8, 4) is 0 Å². The van der Waals surface area contributed by atoms with Crippen LogP contribution in [0.1, 0.15) is 187 Å². The molecule has 12 heteroatoms. The molecular weight excluding hydrogens is 769 g/mol. The van der Waals surface area contributed by atoms with E-state index in [0.717, 1.165) is 25.7 Å². The Morgan fingerprint density at radius 3 is 1.41 bits per heavy atom. The number of esters is 2. The molecule has 3 atom stereocenters. The minimum Gasteiger partial charge on any atom is -0.480 e. The van der Waals surface area contributed by atoms with Crippen molar-refractivity contribution in [1.82, 2.24) is 0 Å². The van der Waals surface area contributed by atoms with E-state index in [1.807, 2.05) is 54.7 Å². The number of phosphoric acid groups is 1. The number of allylic oxidation sites excluding steroid dienone is 10. The predicted molar refractivity (Wildman–Crippen MR) is 240 cm³/mol. The molecule has 11 nitrogen and oxygen atoms in total.